The quantitative estimate of drug-likeness (QED) is 0.652. The van der Waals surface area contributed by atoms with Crippen LogP contribution in [0.25, 0.3) is 0 Å². The summed E-state index contributed by atoms with van der Waals surface area (Å²) in [5.41, 5.74) is -0.810. The second-order valence-electron chi connectivity index (χ2n) is 3.12. The first kappa shape index (κ1) is 13.2. The van der Waals surface area contributed by atoms with E-state index in [-0.39, 0.29) is 0 Å². The number of nitrogens with zero attached hydrogens (tertiary/aromatic N) is 1. The summed E-state index contributed by atoms with van der Waals surface area (Å²) < 4.78 is 1.90. The van der Waals surface area contributed by atoms with Gasteiger partial charge in [-0.2, -0.15) is 0 Å². The van der Waals surface area contributed by atoms with Gasteiger partial charge in [0.25, 0.3) is 0 Å². The molecule has 0 fully saturated rings. The van der Waals surface area contributed by atoms with Crippen LogP contribution in [0.1, 0.15) is 19.8 Å². The highest BCUT2D eigenvalue weighted by atomic mass is 31.0. The Morgan fingerprint density at radius 1 is 1.69 bits per heavy atom. The minimum absolute atomic E-state index is 0.574. The molecule has 0 aromatic heterocycles. The van der Waals surface area contributed by atoms with Crippen LogP contribution in [0, 0.1) is 0 Å². The molecule has 0 rings (SSSR count). The summed E-state index contributed by atoms with van der Waals surface area (Å²) >= 11 is 0. The zero-order valence-corrected chi connectivity index (χ0v) is 10.4. The molecule has 0 aliphatic carbocycles. The second kappa shape index (κ2) is 5.87. The Bertz CT molecular complexity index is 172. The van der Waals surface area contributed by atoms with E-state index in [4.69, 9.17) is 5.11 Å². The molecule has 0 aromatic carbocycles. The minimum atomic E-state index is -0.810. The largest absolute Gasteiger partial charge is 0.480 e. The highest BCUT2D eigenvalue weighted by Crippen LogP contribution is 2.18. The number of carboxylic acids is 1. The number of nitrogens with one attached hydrogen (secondary N) is 1. The molecule has 6 heteroatoms. The molecule has 13 heavy (non-hydrogen) atoms. The molecule has 0 aliphatic heterocycles. The Kier molecular flexibility index (Phi) is 5.98. The highest BCUT2D eigenvalue weighted by molar-refractivity contribution is 7.14. The molecule has 0 spiro atoms. The Hall–Kier alpha value is 0.250. The lowest BCUT2D eigenvalue weighted by atomic mass is 9.93. The van der Waals surface area contributed by atoms with E-state index in [0.29, 0.717) is 12.8 Å². The van der Waals surface area contributed by atoms with E-state index in [0.717, 1.165) is 6.54 Å². The summed E-state index contributed by atoms with van der Waals surface area (Å²) in [6.07, 6.45) is 1.16. The molecular formula is C7H18N2O2P2. The Balaban J connectivity index is 4.31. The molecule has 3 unspecified atom stereocenters. The van der Waals surface area contributed by atoms with Crippen molar-refractivity contribution in [1.82, 2.24) is 9.76 Å². The van der Waals surface area contributed by atoms with E-state index in [1.54, 1.807) is 0 Å². The van der Waals surface area contributed by atoms with Crippen molar-refractivity contribution < 1.29 is 9.90 Å². The van der Waals surface area contributed by atoms with E-state index in [9.17, 15) is 4.79 Å². The summed E-state index contributed by atoms with van der Waals surface area (Å²) in [5.74, 6) is -0.795. The molecule has 4 nitrogen and oxygen atoms in total. The number of hydrogen-bond donors (Lipinski definition) is 2. The standard InChI is InChI=1S/C7H18N2O2P2/c1-3-7(8-12,6(10)11)4-5-9(2)13/h8H,3-5,12-13H2,1-2H3,(H,10,11). The zero-order valence-electron chi connectivity index (χ0n) is 8.08. The Morgan fingerprint density at radius 2 is 2.23 bits per heavy atom. The van der Waals surface area contributed by atoms with Crippen LogP contribution in [-0.4, -0.2) is 34.9 Å². The van der Waals surface area contributed by atoms with Crippen LogP contribution in [0.5, 0.6) is 0 Å². The molecule has 3 atom stereocenters. The monoisotopic (exact) mass is 224 g/mol. The summed E-state index contributed by atoms with van der Waals surface area (Å²) in [4.78, 5) is 11.0. The SMILES string of the molecule is CCC(CCN(C)P)(NP)C(=O)O. The van der Waals surface area contributed by atoms with Gasteiger partial charge < -0.3 is 5.11 Å². The van der Waals surface area contributed by atoms with Gasteiger partial charge in [-0.1, -0.05) is 25.7 Å². The van der Waals surface area contributed by atoms with Crippen LogP contribution < -0.4 is 5.09 Å². The predicted octanol–water partition coefficient (Wildman–Crippen LogP) is 0.711. The van der Waals surface area contributed by atoms with Gasteiger partial charge in [0, 0.05) is 6.54 Å². The molecule has 0 aliphatic rings. The van der Waals surface area contributed by atoms with Gasteiger partial charge in [0.15, 0.2) is 0 Å². The van der Waals surface area contributed by atoms with Gasteiger partial charge in [0.05, 0.1) is 0 Å². The van der Waals surface area contributed by atoms with Gasteiger partial charge in [0.1, 0.15) is 5.54 Å². The molecule has 0 heterocycles. The van der Waals surface area contributed by atoms with Gasteiger partial charge in [0.2, 0.25) is 0 Å². The zero-order chi connectivity index (χ0) is 10.5. The molecule has 78 valence electrons. The fraction of sp³-hybridized carbons (Fsp3) is 0.857. The first-order valence-corrected chi connectivity index (χ1v) is 5.25. The maximum atomic E-state index is 11.0. The van der Waals surface area contributed by atoms with E-state index in [1.165, 1.54) is 0 Å². The van der Waals surface area contributed by atoms with Crippen molar-refractivity contribution in [2.24, 2.45) is 0 Å². The van der Waals surface area contributed by atoms with E-state index in [1.807, 2.05) is 18.6 Å². The number of rotatable bonds is 6. The van der Waals surface area contributed by atoms with Crippen molar-refractivity contribution in [3.05, 3.63) is 0 Å². The van der Waals surface area contributed by atoms with E-state index < -0.39 is 11.5 Å². The third-order valence-electron chi connectivity index (χ3n) is 2.18. The van der Waals surface area contributed by atoms with Crippen molar-refractivity contribution >= 4 is 24.8 Å². The molecule has 0 saturated heterocycles. The molecule has 0 radical (unpaired) electrons. The van der Waals surface area contributed by atoms with Gasteiger partial charge >= 0.3 is 5.97 Å². The third kappa shape index (κ3) is 3.86. The molecule has 0 saturated carbocycles. The van der Waals surface area contributed by atoms with Crippen LogP contribution in [-0.2, 0) is 4.79 Å². The lowest BCUT2D eigenvalue weighted by Gasteiger charge is -2.28. The fourth-order valence-electron chi connectivity index (χ4n) is 1.04. The first-order valence-electron chi connectivity index (χ1n) is 4.15. The van der Waals surface area contributed by atoms with Gasteiger partial charge in [-0.15, -0.1) is 0 Å². The lowest BCUT2D eigenvalue weighted by molar-refractivity contribution is -0.144. The van der Waals surface area contributed by atoms with E-state index in [2.05, 4.69) is 23.9 Å². The summed E-state index contributed by atoms with van der Waals surface area (Å²) in [7, 11) is 6.70. The van der Waals surface area contributed by atoms with Crippen LogP contribution in [0.3, 0.4) is 0 Å². The Labute approximate surface area is 84.0 Å². The number of carbonyl (C=O) groups is 1. The maximum absolute atomic E-state index is 11.0. The topological polar surface area (TPSA) is 52.6 Å². The number of aliphatic carboxylic acids is 1. The van der Waals surface area contributed by atoms with Crippen molar-refractivity contribution in [2.75, 3.05) is 13.6 Å². The number of carboxylic acid groups (broad SMARTS) is 1. The van der Waals surface area contributed by atoms with Crippen molar-refractivity contribution in [3.8, 4) is 0 Å². The van der Waals surface area contributed by atoms with Crippen LogP contribution >= 0.6 is 18.8 Å². The smallest absolute Gasteiger partial charge is 0.324 e. The van der Waals surface area contributed by atoms with Crippen LogP contribution in [0.2, 0.25) is 0 Å². The van der Waals surface area contributed by atoms with Crippen molar-refractivity contribution in [3.63, 3.8) is 0 Å². The van der Waals surface area contributed by atoms with Crippen molar-refractivity contribution in [1.29, 1.82) is 0 Å². The first-order chi connectivity index (χ1) is 5.98. The lowest BCUT2D eigenvalue weighted by Crippen LogP contribution is -2.48. The number of hydrogen-bond acceptors (Lipinski definition) is 3. The van der Waals surface area contributed by atoms with Crippen LogP contribution in [0.15, 0.2) is 0 Å². The maximum Gasteiger partial charge on any atom is 0.324 e. The Morgan fingerprint density at radius 3 is 2.46 bits per heavy atom. The predicted molar refractivity (Wildman–Crippen MR) is 60.5 cm³/mol. The molecular weight excluding hydrogens is 206 g/mol. The molecule has 0 aromatic rings. The molecule has 0 bridgehead atoms. The summed E-state index contributed by atoms with van der Waals surface area (Å²) in [6.45, 7) is 2.60. The fourth-order valence-corrected chi connectivity index (χ4v) is 1.64. The summed E-state index contributed by atoms with van der Waals surface area (Å²) in [5, 5.41) is 11.8. The van der Waals surface area contributed by atoms with Gasteiger partial charge in [-0.05, 0) is 19.9 Å². The highest BCUT2D eigenvalue weighted by Gasteiger charge is 2.34. The third-order valence-corrected chi connectivity index (χ3v) is 2.99. The normalized spacial score (nSPS) is 15.8. The molecule has 2 N–H and O–H groups in total. The molecule has 0 amide bonds. The average molecular weight is 224 g/mol. The van der Waals surface area contributed by atoms with Crippen LogP contribution in [0.4, 0.5) is 0 Å². The van der Waals surface area contributed by atoms with E-state index >= 15 is 0 Å². The van der Waals surface area contributed by atoms with Gasteiger partial charge in [-0.3, -0.25) is 14.6 Å². The summed E-state index contributed by atoms with van der Waals surface area (Å²) in [6, 6.07) is 0. The minimum Gasteiger partial charge on any atom is -0.480 e. The second-order valence-corrected chi connectivity index (χ2v) is 4.29. The van der Waals surface area contributed by atoms with Gasteiger partial charge in [-0.25, -0.2) is 0 Å². The van der Waals surface area contributed by atoms with Crippen molar-refractivity contribution in [2.45, 2.75) is 25.3 Å². The average Bonchev–Trinajstić information content (AvgIpc) is 2.06.